The van der Waals surface area contributed by atoms with Crippen LogP contribution in [0.2, 0.25) is 0 Å². The van der Waals surface area contributed by atoms with Gasteiger partial charge in [-0.2, -0.15) is 0 Å². The molecule has 0 aromatic heterocycles. The molecule has 0 fully saturated rings. The number of nitrogens with two attached hydrogens (primary N) is 1. The third kappa shape index (κ3) is 3.94. The van der Waals surface area contributed by atoms with Gasteiger partial charge in [0.25, 0.3) is 0 Å². The Labute approximate surface area is 128 Å². The molecular weight excluding hydrogens is 349 g/mol. The van der Waals surface area contributed by atoms with Crippen LogP contribution in [0, 0.1) is 10.5 Å². The highest BCUT2D eigenvalue weighted by atomic mass is 127. The van der Waals surface area contributed by atoms with E-state index in [1.165, 1.54) is 9.13 Å². The summed E-state index contributed by atoms with van der Waals surface area (Å²) in [6.45, 7) is 4.05. The fourth-order valence-corrected chi connectivity index (χ4v) is 2.35. The van der Waals surface area contributed by atoms with Crippen molar-refractivity contribution in [1.82, 2.24) is 0 Å². The van der Waals surface area contributed by atoms with Crippen molar-refractivity contribution in [3.05, 3.63) is 63.2 Å². The molecule has 2 aromatic carbocycles. The Bertz CT molecular complexity index is 537. The van der Waals surface area contributed by atoms with Crippen LogP contribution in [-0.4, -0.2) is 6.04 Å². The van der Waals surface area contributed by atoms with Gasteiger partial charge in [0.05, 0.1) is 0 Å². The summed E-state index contributed by atoms with van der Waals surface area (Å²) in [5, 5.41) is 0. The van der Waals surface area contributed by atoms with E-state index in [1.54, 1.807) is 0 Å². The van der Waals surface area contributed by atoms with Crippen LogP contribution in [0.5, 0.6) is 5.75 Å². The minimum atomic E-state index is -0.125. The second-order valence-electron chi connectivity index (χ2n) is 4.77. The van der Waals surface area contributed by atoms with Crippen molar-refractivity contribution in [2.75, 3.05) is 0 Å². The molecule has 0 spiro atoms. The number of hydrogen-bond donors (Lipinski definition) is 1. The van der Waals surface area contributed by atoms with Gasteiger partial charge in [-0.15, -0.1) is 0 Å². The van der Waals surface area contributed by atoms with Crippen LogP contribution in [0.15, 0.2) is 48.5 Å². The van der Waals surface area contributed by atoms with E-state index in [4.69, 9.17) is 10.5 Å². The lowest BCUT2D eigenvalue weighted by molar-refractivity contribution is 0.180. The van der Waals surface area contributed by atoms with Crippen LogP contribution >= 0.6 is 22.6 Å². The van der Waals surface area contributed by atoms with Gasteiger partial charge in [-0.1, -0.05) is 29.8 Å². The van der Waals surface area contributed by atoms with Gasteiger partial charge >= 0.3 is 0 Å². The number of hydrogen-bond acceptors (Lipinski definition) is 2. The van der Waals surface area contributed by atoms with Gasteiger partial charge in [0.15, 0.2) is 0 Å². The minimum Gasteiger partial charge on any atom is -0.484 e. The highest BCUT2D eigenvalue weighted by molar-refractivity contribution is 14.1. The highest BCUT2D eigenvalue weighted by Gasteiger charge is 2.18. The van der Waals surface area contributed by atoms with Gasteiger partial charge in [0.2, 0.25) is 0 Å². The Morgan fingerprint density at radius 2 is 1.79 bits per heavy atom. The molecule has 100 valence electrons. The van der Waals surface area contributed by atoms with Gasteiger partial charge in [-0.25, -0.2) is 0 Å². The SMILES string of the molecule is Cc1cccc(C(Oc2ccc(I)cc2)C(C)N)c1. The molecule has 0 aliphatic carbocycles. The first-order valence-corrected chi connectivity index (χ1v) is 7.38. The first-order valence-electron chi connectivity index (χ1n) is 6.30. The summed E-state index contributed by atoms with van der Waals surface area (Å²) in [5.41, 5.74) is 8.41. The fraction of sp³-hybridized carbons (Fsp3) is 0.250. The lowest BCUT2D eigenvalue weighted by atomic mass is 10.0. The molecule has 2 N–H and O–H groups in total. The van der Waals surface area contributed by atoms with Crippen molar-refractivity contribution >= 4 is 22.6 Å². The van der Waals surface area contributed by atoms with E-state index >= 15 is 0 Å². The molecule has 3 heteroatoms. The summed E-state index contributed by atoms with van der Waals surface area (Å²) in [4.78, 5) is 0. The molecule has 0 saturated heterocycles. The number of ether oxygens (including phenoxy) is 1. The molecule has 0 heterocycles. The molecule has 2 atom stereocenters. The van der Waals surface area contributed by atoms with Crippen LogP contribution in [0.1, 0.15) is 24.2 Å². The van der Waals surface area contributed by atoms with Crippen LogP contribution in [0.25, 0.3) is 0 Å². The monoisotopic (exact) mass is 367 g/mol. The first-order chi connectivity index (χ1) is 9.06. The minimum absolute atomic E-state index is 0.0684. The number of aryl methyl sites for hydroxylation is 1. The summed E-state index contributed by atoms with van der Waals surface area (Å²) >= 11 is 2.28. The van der Waals surface area contributed by atoms with E-state index in [1.807, 2.05) is 37.3 Å². The predicted molar refractivity (Wildman–Crippen MR) is 87.4 cm³/mol. The van der Waals surface area contributed by atoms with E-state index in [2.05, 4.69) is 47.7 Å². The molecule has 0 saturated carbocycles. The van der Waals surface area contributed by atoms with Gasteiger partial charge in [-0.05, 0) is 66.3 Å². The van der Waals surface area contributed by atoms with E-state index in [9.17, 15) is 0 Å². The topological polar surface area (TPSA) is 35.2 Å². The van der Waals surface area contributed by atoms with Crippen LogP contribution in [0.3, 0.4) is 0 Å². The Kier molecular flexibility index (Phi) is 4.82. The normalized spacial score (nSPS) is 13.9. The molecule has 0 aliphatic rings. The fourth-order valence-electron chi connectivity index (χ4n) is 1.99. The maximum absolute atomic E-state index is 6.07. The number of halogens is 1. The van der Waals surface area contributed by atoms with Crippen LogP contribution < -0.4 is 10.5 Å². The van der Waals surface area contributed by atoms with Gasteiger partial charge in [0, 0.05) is 9.61 Å². The van der Waals surface area contributed by atoms with Crippen LogP contribution in [0.4, 0.5) is 0 Å². The quantitative estimate of drug-likeness (QED) is 0.827. The molecule has 2 aromatic rings. The zero-order valence-electron chi connectivity index (χ0n) is 11.1. The molecule has 2 rings (SSSR count). The van der Waals surface area contributed by atoms with Crippen molar-refractivity contribution in [3.63, 3.8) is 0 Å². The molecular formula is C16H18INO. The highest BCUT2D eigenvalue weighted by Crippen LogP contribution is 2.25. The smallest absolute Gasteiger partial charge is 0.138 e. The maximum Gasteiger partial charge on any atom is 0.138 e. The van der Waals surface area contributed by atoms with E-state index < -0.39 is 0 Å². The largest absolute Gasteiger partial charge is 0.484 e. The van der Waals surface area contributed by atoms with E-state index in [0.29, 0.717) is 0 Å². The third-order valence-electron chi connectivity index (χ3n) is 2.92. The van der Waals surface area contributed by atoms with Gasteiger partial charge in [0.1, 0.15) is 11.9 Å². The van der Waals surface area contributed by atoms with E-state index in [-0.39, 0.29) is 12.1 Å². The maximum atomic E-state index is 6.07. The lowest BCUT2D eigenvalue weighted by Gasteiger charge is -2.23. The van der Waals surface area contributed by atoms with Crippen molar-refractivity contribution in [2.24, 2.45) is 5.73 Å². The molecule has 0 bridgehead atoms. The zero-order chi connectivity index (χ0) is 13.8. The summed E-state index contributed by atoms with van der Waals surface area (Å²) < 4.78 is 7.24. The van der Waals surface area contributed by atoms with Gasteiger partial charge in [-0.3, -0.25) is 0 Å². The summed E-state index contributed by atoms with van der Waals surface area (Å²) in [5.74, 6) is 0.851. The standard InChI is InChI=1S/C16H18INO/c1-11-4-3-5-13(10-11)16(12(2)18)19-15-8-6-14(17)7-9-15/h3-10,12,16H,18H2,1-2H3. The van der Waals surface area contributed by atoms with Gasteiger partial charge < -0.3 is 10.5 Å². The summed E-state index contributed by atoms with van der Waals surface area (Å²) in [6, 6.07) is 16.3. The zero-order valence-corrected chi connectivity index (χ0v) is 13.3. The third-order valence-corrected chi connectivity index (χ3v) is 3.64. The number of benzene rings is 2. The van der Waals surface area contributed by atoms with Crippen molar-refractivity contribution in [1.29, 1.82) is 0 Å². The Balaban J connectivity index is 2.23. The first kappa shape index (κ1) is 14.3. The average Bonchev–Trinajstić information content (AvgIpc) is 2.37. The van der Waals surface area contributed by atoms with Crippen molar-refractivity contribution in [2.45, 2.75) is 26.0 Å². The second-order valence-corrected chi connectivity index (χ2v) is 6.01. The van der Waals surface area contributed by atoms with E-state index in [0.717, 1.165) is 11.3 Å². The predicted octanol–water partition coefficient (Wildman–Crippen LogP) is 4.07. The van der Waals surface area contributed by atoms with Crippen LogP contribution in [-0.2, 0) is 0 Å². The molecule has 19 heavy (non-hydrogen) atoms. The average molecular weight is 367 g/mol. The molecule has 0 radical (unpaired) electrons. The Morgan fingerprint density at radius 1 is 1.11 bits per heavy atom. The second kappa shape index (κ2) is 6.39. The molecule has 0 aliphatic heterocycles. The van der Waals surface area contributed by atoms with Crippen molar-refractivity contribution in [3.8, 4) is 5.75 Å². The molecule has 2 nitrogen and oxygen atoms in total. The Hall–Kier alpha value is -1.07. The van der Waals surface area contributed by atoms with Crippen molar-refractivity contribution < 1.29 is 4.74 Å². The Morgan fingerprint density at radius 3 is 2.37 bits per heavy atom. The molecule has 0 amide bonds. The summed E-state index contributed by atoms with van der Waals surface area (Å²) in [7, 11) is 0. The molecule has 2 unspecified atom stereocenters. The lowest BCUT2D eigenvalue weighted by Crippen LogP contribution is -2.29. The number of rotatable bonds is 4. The summed E-state index contributed by atoms with van der Waals surface area (Å²) in [6.07, 6.45) is -0.125.